The van der Waals surface area contributed by atoms with Gasteiger partial charge in [0.05, 0.1) is 25.0 Å². The molecule has 2 N–H and O–H groups in total. The molecule has 2 aromatic rings. The van der Waals surface area contributed by atoms with E-state index in [1.807, 2.05) is 4.57 Å². The van der Waals surface area contributed by atoms with Gasteiger partial charge in [-0.15, -0.1) is 5.54 Å². The molecule has 4 rings (SSSR count). The van der Waals surface area contributed by atoms with Crippen molar-refractivity contribution < 1.29 is 17.7 Å². The molecule has 0 aromatic carbocycles. The second kappa shape index (κ2) is 11.0. The van der Waals surface area contributed by atoms with Crippen LogP contribution in [0.25, 0.3) is 11.2 Å². The zero-order valence-electron chi connectivity index (χ0n) is 25.5. The fourth-order valence-electron chi connectivity index (χ4n) is 5.90. The van der Waals surface area contributed by atoms with E-state index >= 15 is 0 Å². The Morgan fingerprint density at radius 1 is 0.949 bits per heavy atom. The average molecular weight is 590 g/mol. The van der Waals surface area contributed by atoms with E-state index < -0.39 is 31.4 Å². The molecule has 0 bridgehead atoms. The van der Waals surface area contributed by atoms with Crippen LogP contribution in [0.3, 0.4) is 0 Å². The standard InChI is InChI=1S/C27H47N5O4Si3/c1-17(2)38(18(3)4)33-14-22-24(35-39(36-38,19(5)6)20(7)8)21(12-13-37(9,10)11)27(34-22)32-16-31-23-25(28)29-15-30-26(23)32/h15-22,24,27H,14H2,1-11H3,(H2,28,29,30)/t21-,22+,24-,27+/m0/s1. The monoisotopic (exact) mass is 589 g/mol. The Morgan fingerprint density at radius 3 is 2.13 bits per heavy atom. The molecule has 0 radical (unpaired) electrons. The highest BCUT2D eigenvalue weighted by molar-refractivity contribution is 6.84. The fourth-order valence-corrected chi connectivity index (χ4v) is 17.7. The quantitative estimate of drug-likeness (QED) is 0.347. The SMILES string of the molecule is CC(C)[Si]1(C(C)C)OC[C@H]2O[C@@H](n3cnc4c(N)ncnc43)[C@@H](C#C[Si](C)(C)C)[C@@H]2O[Si](C(C)C)(C(C)C)O1. The highest BCUT2D eigenvalue weighted by atomic mass is 28.5. The van der Waals surface area contributed by atoms with Crippen LogP contribution >= 0.6 is 0 Å². The Labute approximate surface area is 237 Å². The van der Waals surface area contributed by atoms with Crippen molar-refractivity contribution in [3.63, 3.8) is 0 Å². The largest absolute Gasteiger partial charge is 0.414 e. The second-order valence-electron chi connectivity index (χ2n) is 13.3. The summed E-state index contributed by atoms with van der Waals surface area (Å²) < 4.78 is 30.6. The van der Waals surface area contributed by atoms with Crippen molar-refractivity contribution in [3.8, 4) is 11.5 Å². The van der Waals surface area contributed by atoms with Crippen LogP contribution in [0.1, 0.15) is 61.6 Å². The maximum absolute atomic E-state index is 7.41. The zero-order valence-corrected chi connectivity index (χ0v) is 28.5. The summed E-state index contributed by atoms with van der Waals surface area (Å²) in [4.78, 5) is 13.1. The summed E-state index contributed by atoms with van der Waals surface area (Å²) in [5.41, 5.74) is 11.9. The van der Waals surface area contributed by atoms with E-state index in [1.165, 1.54) is 6.33 Å². The number of nitrogen functional groups attached to an aromatic ring is 1. The molecule has 0 amide bonds. The third-order valence-electron chi connectivity index (χ3n) is 7.95. The van der Waals surface area contributed by atoms with Gasteiger partial charge >= 0.3 is 17.1 Å². The lowest BCUT2D eigenvalue weighted by Crippen LogP contribution is -2.65. The minimum Gasteiger partial charge on any atom is -0.414 e. The topological polar surface area (TPSA) is 107 Å². The van der Waals surface area contributed by atoms with Crippen LogP contribution < -0.4 is 5.73 Å². The third-order valence-corrected chi connectivity index (χ3v) is 19.1. The van der Waals surface area contributed by atoms with Crippen LogP contribution in [0.2, 0.25) is 41.8 Å². The predicted molar refractivity (Wildman–Crippen MR) is 162 cm³/mol. The Kier molecular flexibility index (Phi) is 8.56. The van der Waals surface area contributed by atoms with Gasteiger partial charge in [-0.05, 0) is 22.2 Å². The number of aromatic nitrogens is 4. The molecule has 9 nitrogen and oxygen atoms in total. The van der Waals surface area contributed by atoms with Crippen molar-refractivity contribution in [1.29, 1.82) is 0 Å². The number of nitrogens with two attached hydrogens (primary N) is 1. The van der Waals surface area contributed by atoms with E-state index in [0.29, 0.717) is 23.6 Å². The lowest BCUT2D eigenvalue weighted by atomic mass is 10.0. The molecule has 4 atom stereocenters. The Morgan fingerprint density at radius 2 is 1.56 bits per heavy atom. The lowest BCUT2D eigenvalue weighted by molar-refractivity contribution is -0.0547. The summed E-state index contributed by atoms with van der Waals surface area (Å²) in [6.07, 6.45) is 2.13. The van der Waals surface area contributed by atoms with Gasteiger partial charge in [-0.2, -0.15) is 0 Å². The van der Waals surface area contributed by atoms with Gasteiger partial charge in [0.15, 0.2) is 17.7 Å². The molecule has 2 saturated heterocycles. The maximum Gasteiger partial charge on any atom is 0.335 e. The van der Waals surface area contributed by atoms with Gasteiger partial charge < -0.3 is 23.4 Å². The number of hydrogen-bond acceptors (Lipinski definition) is 8. The van der Waals surface area contributed by atoms with Gasteiger partial charge in [0, 0.05) is 0 Å². The van der Waals surface area contributed by atoms with Crippen molar-refractivity contribution in [1.82, 2.24) is 19.5 Å². The van der Waals surface area contributed by atoms with E-state index in [9.17, 15) is 0 Å². The van der Waals surface area contributed by atoms with Crippen molar-refractivity contribution in [3.05, 3.63) is 12.7 Å². The van der Waals surface area contributed by atoms with Crippen LogP contribution in [-0.4, -0.2) is 63.5 Å². The van der Waals surface area contributed by atoms with Crippen LogP contribution in [-0.2, 0) is 17.7 Å². The summed E-state index contributed by atoms with van der Waals surface area (Å²) in [5.74, 6) is 3.72. The normalized spacial score (nSPS) is 27.1. The number of fused-ring (bicyclic) bond motifs is 2. The summed E-state index contributed by atoms with van der Waals surface area (Å²) in [6.45, 7) is 25.0. The molecule has 0 unspecified atom stereocenters. The van der Waals surface area contributed by atoms with Gasteiger partial charge in [0.25, 0.3) is 0 Å². The summed E-state index contributed by atoms with van der Waals surface area (Å²) in [5, 5.41) is 0. The Hall–Kier alpha value is -1.60. The van der Waals surface area contributed by atoms with E-state index in [0.717, 1.165) is 0 Å². The van der Waals surface area contributed by atoms with Gasteiger partial charge in [0.1, 0.15) is 26.0 Å². The van der Waals surface area contributed by atoms with Crippen molar-refractivity contribution in [2.24, 2.45) is 5.92 Å². The van der Waals surface area contributed by atoms with Crippen LogP contribution in [0.4, 0.5) is 5.82 Å². The molecule has 0 aliphatic carbocycles. The van der Waals surface area contributed by atoms with Gasteiger partial charge in [0.2, 0.25) is 0 Å². The third kappa shape index (κ3) is 5.51. The molecular weight excluding hydrogens is 543 g/mol. The number of imidazole rings is 1. The van der Waals surface area contributed by atoms with Gasteiger partial charge in [-0.1, -0.05) is 81.0 Å². The van der Waals surface area contributed by atoms with Crippen molar-refractivity contribution >= 4 is 42.2 Å². The maximum atomic E-state index is 7.41. The van der Waals surface area contributed by atoms with Crippen LogP contribution in [0, 0.1) is 17.4 Å². The average Bonchev–Trinajstić information content (AvgIpc) is 3.38. The molecule has 4 heterocycles. The summed E-state index contributed by atoms with van der Waals surface area (Å²) >= 11 is 0. The first kappa shape index (κ1) is 30.4. The molecule has 0 spiro atoms. The number of ether oxygens (including phenoxy) is 1. The molecule has 216 valence electrons. The van der Waals surface area contributed by atoms with Crippen molar-refractivity contribution in [2.75, 3.05) is 12.3 Å². The van der Waals surface area contributed by atoms with Gasteiger partial charge in [-0.25, -0.2) is 15.0 Å². The molecule has 2 aliphatic rings. The highest BCUT2D eigenvalue weighted by Gasteiger charge is 2.61. The van der Waals surface area contributed by atoms with Crippen LogP contribution in [0.5, 0.6) is 0 Å². The second-order valence-corrected chi connectivity index (χ2v) is 26.8. The zero-order chi connectivity index (χ0) is 28.9. The molecular formula is C27H47N5O4Si3. The predicted octanol–water partition coefficient (Wildman–Crippen LogP) is 5.76. The van der Waals surface area contributed by atoms with E-state index in [4.69, 9.17) is 23.4 Å². The molecule has 2 aliphatic heterocycles. The smallest absolute Gasteiger partial charge is 0.335 e. The number of hydrogen-bond donors (Lipinski definition) is 1. The molecule has 2 fully saturated rings. The van der Waals surface area contributed by atoms with E-state index in [2.05, 4.69) is 101 Å². The Bertz CT molecular complexity index is 1220. The molecule has 0 saturated carbocycles. The first-order valence-corrected chi connectivity index (χ1v) is 21.7. The highest BCUT2D eigenvalue weighted by Crippen LogP contribution is 2.49. The molecule has 2 aromatic heterocycles. The lowest BCUT2D eigenvalue weighted by Gasteiger charge is -2.51. The number of rotatable bonds is 5. The summed E-state index contributed by atoms with van der Waals surface area (Å²) in [7, 11) is -7.21. The van der Waals surface area contributed by atoms with Crippen LogP contribution in [0.15, 0.2) is 12.7 Å². The fraction of sp³-hybridized carbons (Fsp3) is 0.741. The van der Waals surface area contributed by atoms with E-state index in [-0.39, 0.29) is 40.3 Å². The Balaban J connectivity index is 1.89. The van der Waals surface area contributed by atoms with E-state index in [1.54, 1.807) is 6.33 Å². The molecule has 12 heteroatoms. The number of anilines is 1. The minimum absolute atomic E-state index is 0.218. The van der Waals surface area contributed by atoms with Crippen molar-refractivity contribution in [2.45, 2.75) is 116 Å². The summed E-state index contributed by atoms with van der Waals surface area (Å²) in [6, 6.07) is 0. The van der Waals surface area contributed by atoms with Gasteiger partial charge in [-0.3, -0.25) is 4.57 Å². The minimum atomic E-state index is -2.83. The first-order chi connectivity index (χ1) is 18.1. The number of nitrogens with zero attached hydrogens (tertiary/aromatic N) is 4. The molecule has 39 heavy (non-hydrogen) atoms. The first-order valence-electron chi connectivity index (χ1n) is 14.3.